The predicted molar refractivity (Wildman–Crippen MR) is 120 cm³/mol. The Labute approximate surface area is 186 Å². The highest BCUT2D eigenvalue weighted by Crippen LogP contribution is 2.28. The highest BCUT2D eigenvalue weighted by Gasteiger charge is 2.33. The number of anilines is 1. The van der Waals surface area contributed by atoms with Gasteiger partial charge in [0.15, 0.2) is 0 Å². The van der Waals surface area contributed by atoms with Crippen LogP contribution in [-0.2, 0) is 16.1 Å². The van der Waals surface area contributed by atoms with Crippen LogP contribution in [0.1, 0.15) is 19.2 Å². The molecule has 0 radical (unpaired) electrons. The third kappa shape index (κ3) is 3.80. The maximum absolute atomic E-state index is 13.1. The summed E-state index contributed by atoms with van der Waals surface area (Å²) in [6, 6.07) is 3.60. The molecule has 5 heterocycles. The van der Waals surface area contributed by atoms with Crippen LogP contribution in [-0.4, -0.2) is 80.2 Å². The zero-order valence-electron chi connectivity index (χ0n) is 18.6. The summed E-state index contributed by atoms with van der Waals surface area (Å²) in [5.41, 5.74) is 3.25. The van der Waals surface area contributed by atoms with Crippen molar-refractivity contribution in [1.29, 1.82) is 0 Å². The van der Waals surface area contributed by atoms with Crippen molar-refractivity contribution in [3.8, 4) is 11.4 Å². The number of imidazole rings is 1. The number of likely N-dealkylation sites (N-methyl/N-ethyl adjacent to an activating group) is 1. The van der Waals surface area contributed by atoms with Crippen molar-refractivity contribution in [3.05, 3.63) is 30.4 Å². The lowest BCUT2D eigenvalue weighted by Crippen LogP contribution is -2.45. The van der Waals surface area contributed by atoms with Crippen molar-refractivity contribution < 1.29 is 9.53 Å². The number of rotatable bonds is 2. The number of fused-ring (bicyclic) bond motifs is 5. The Morgan fingerprint density at radius 1 is 1.19 bits per heavy atom. The summed E-state index contributed by atoms with van der Waals surface area (Å²) in [4.78, 5) is 33.4. The minimum absolute atomic E-state index is 0.0666. The van der Waals surface area contributed by atoms with Crippen LogP contribution in [0.4, 0.5) is 5.95 Å². The molecule has 0 saturated carbocycles. The number of carbonyl (C=O) groups is 1. The fourth-order valence-electron chi connectivity index (χ4n) is 4.65. The van der Waals surface area contributed by atoms with Crippen LogP contribution in [0.15, 0.2) is 24.5 Å². The first-order valence-electron chi connectivity index (χ1n) is 11.0. The second-order valence-electron chi connectivity index (χ2n) is 8.40. The molecule has 2 aliphatic rings. The largest absolute Gasteiger partial charge is 0.375 e. The molecule has 2 aliphatic heterocycles. The van der Waals surface area contributed by atoms with Gasteiger partial charge >= 0.3 is 0 Å². The highest BCUT2D eigenvalue weighted by atomic mass is 16.5. The Balaban J connectivity index is 1.65. The number of hydrogen-bond acceptors (Lipinski definition) is 8. The molecule has 1 fully saturated rings. The minimum Gasteiger partial charge on any atom is -0.375 e. The molecule has 0 unspecified atom stereocenters. The Bertz CT molecular complexity index is 1150. The van der Waals surface area contributed by atoms with E-state index in [9.17, 15) is 4.79 Å². The Hall–Kier alpha value is -3.11. The molecule has 0 aromatic carbocycles. The molecule has 10 nitrogen and oxygen atoms in total. The number of aromatic nitrogens is 5. The highest BCUT2D eigenvalue weighted by molar-refractivity contribution is 5.89. The van der Waals surface area contributed by atoms with Crippen LogP contribution in [0.5, 0.6) is 0 Å². The van der Waals surface area contributed by atoms with E-state index in [1.807, 2.05) is 33.0 Å². The summed E-state index contributed by atoms with van der Waals surface area (Å²) in [6.07, 6.45) is 3.99. The predicted octanol–water partition coefficient (Wildman–Crippen LogP) is 1.22. The maximum atomic E-state index is 13.1. The summed E-state index contributed by atoms with van der Waals surface area (Å²) in [5, 5.41) is 6.71. The van der Waals surface area contributed by atoms with E-state index >= 15 is 0 Å². The van der Waals surface area contributed by atoms with E-state index in [2.05, 4.69) is 25.2 Å². The van der Waals surface area contributed by atoms with Crippen LogP contribution in [0.25, 0.3) is 22.4 Å². The van der Waals surface area contributed by atoms with Crippen LogP contribution in [0, 0.1) is 6.92 Å². The Morgan fingerprint density at radius 2 is 2.03 bits per heavy atom. The molecule has 5 rings (SSSR count). The zero-order chi connectivity index (χ0) is 22.2. The van der Waals surface area contributed by atoms with Gasteiger partial charge in [0.25, 0.3) is 0 Å². The van der Waals surface area contributed by atoms with Crippen LogP contribution in [0.3, 0.4) is 0 Å². The average molecular weight is 437 g/mol. The van der Waals surface area contributed by atoms with E-state index in [1.54, 1.807) is 17.3 Å². The first kappa shape index (κ1) is 20.8. The number of ether oxygens (including phenoxy) is 1. The number of pyridine rings is 1. The molecular weight excluding hydrogens is 408 g/mol. The van der Waals surface area contributed by atoms with Crippen LogP contribution < -0.4 is 10.6 Å². The monoisotopic (exact) mass is 436 g/mol. The Morgan fingerprint density at radius 3 is 2.88 bits per heavy atom. The number of nitrogens with one attached hydrogen (secondary N) is 2. The van der Waals surface area contributed by atoms with Gasteiger partial charge in [-0.1, -0.05) is 0 Å². The van der Waals surface area contributed by atoms with Gasteiger partial charge in [-0.3, -0.25) is 9.78 Å². The Kier molecular flexibility index (Phi) is 5.48. The van der Waals surface area contributed by atoms with Gasteiger partial charge in [-0.25, -0.2) is 15.0 Å². The normalized spacial score (nSPS) is 23.7. The van der Waals surface area contributed by atoms with Crippen molar-refractivity contribution in [2.75, 3.05) is 32.1 Å². The lowest BCUT2D eigenvalue weighted by Gasteiger charge is -2.27. The van der Waals surface area contributed by atoms with Gasteiger partial charge in [-0.15, -0.1) is 0 Å². The molecule has 10 heteroatoms. The smallest absolute Gasteiger partial charge is 0.239 e. The van der Waals surface area contributed by atoms with Gasteiger partial charge in [0.2, 0.25) is 11.9 Å². The second-order valence-corrected chi connectivity index (χ2v) is 8.40. The van der Waals surface area contributed by atoms with Gasteiger partial charge in [-0.2, -0.15) is 0 Å². The molecule has 1 amide bonds. The van der Waals surface area contributed by atoms with Gasteiger partial charge in [0.1, 0.15) is 11.5 Å². The number of hydrogen-bond donors (Lipinski definition) is 2. The molecule has 3 atom stereocenters. The molecule has 0 spiro atoms. The van der Waals surface area contributed by atoms with Crippen LogP contribution in [0.2, 0.25) is 0 Å². The first-order chi connectivity index (χ1) is 15.5. The second kappa shape index (κ2) is 8.44. The van der Waals surface area contributed by atoms with E-state index in [-0.39, 0.29) is 24.1 Å². The number of carbonyl (C=O) groups excluding carboxylic acids is 1. The van der Waals surface area contributed by atoms with E-state index < -0.39 is 0 Å². The fourth-order valence-corrected chi connectivity index (χ4v) is 4.65. The van der Waals surface area contributed by atoms with Crippen molar-refractivity contribution in [1.82, 2.24) is 34.7 Å². The van der Waals surface area contributed by atoms with Crippen molar-refractivity contribution in [3.63, 3.8) is 0 Å². The number of amides is 1. The number of aryl methyl sites for hydroxylation is 1. The summed E-state index contributed by atoms with van der Waals surface area (Å²) in [7, 11) is 1.84. The quantitative estimate of drug-likeness (QED) is 0.617. The summed E-state index contributed by atoms with van der Waals surface area (Å²) >= 11 is 0. The topological polar surface area (TPSA) is 110 Å². The minimum atomic E-state index is -0.242. The molecule has 2 N–H and O–H groups in total. The molecule has 3 aromatic rings. The molecular formula is C22H28N8O2. The lowest BCUT2D eigenvalue weighted by atomic mass is 10.1. The van der Waals surface area contributed by atoms with Gasteiger partial charge in [0.05, 0.1) is 35.4 Å². The van der Waals surface area contributed by atoms with Crippen molar-refractivity contribution >= 4 is 22.9 Å². The van der Waals surface area contributed by atoms with Gasteiger partial charge in [0, 0.05) is 45.2 Å². The molecule has 32 heavy (non-hydrogen) atoms. The van der Waals surface area contributed by atoms with Crippen LogP contribution >= 0.6 is 0 Å². The summed E-state index contributed by atoms with van der Waals surface area (Å²) < 4.78 is 8.18. The average Bonchev–Trinajstić information content (AvgIpc) is 3.37. The molecule has 0 aliphatic carbocycles. The maximum Gasteiger partial charge on any atom is 0.239 e. The van der Waals surface area contributed by atoms with E-state index in [0.717, 1.165) is 28.2 Å². The van der Waals surface area contributed by atoms with Gasteiger partial charge < -0.3 is 24.8 Å². The number of nitrogens with zero attached hydrogens (tertiary/aromatic N) is 6. The summed E-state index contributed by atoms with van der Waals surface area (Å²) in [6.45, 7) is 6.24. The van der Waals surface area contributed by atoms with Gasteiger partial charge in [-0.05, 0) is 32.4 Å². The molecule has 4 bridgehead atoms. The fraction of sp³-hybridized carbons (Fsp3) is 0.500. The third-order valence-corrected chi connectivity index (χ3v) is 6.15. The lowest BCUT2D eigenvalue weighted by molar-refractivity contribution is -0.133. The van der Waals surface area contributed by atoms with Crippen molar-refractivity contribution in [2.24, 2.45) is 0 Å². The first-order valence-corrected chi connectivity index (χ1v) is 11.0. The zero-order valence-corrected chi connectivity index (χ0v) is 18.6. The van der Waals surface area contributed by atoms with Crippen molar-refractivity contribution in [2.45, 2.75) is 45.0 Å². The van der Waals surface area contributed by atoms with E-state index in [1.165, 1.54) is 0 Å². The van der Waals surface area contributed by atoms with E-state index in [0.29, 0.717) is 38.6 Å². The molecule has 168 valence electrons. The third-order valence-electron chi connectivity index (χ3n) is 6.15. The standard InChI is InChI=1S/C22H28N8O2/c1-4-32-15-11-29(3)21(31)18-9-14(10-25-18)27-22-24-8-5-16(28-22)19-20-17(6-7-23-19)26-13(2)30(20)12-15/h5-8,14-15,18,25H,4,9-12H2,1-3H3,(H,24,27,28)/t14-,15-,18-/m0/s1. The molecule has 3 aromatic heterocycles. The van der Waals surface area contributed by atoms with E-state index in [4.69, 9.17) is 14.7 Å². The summed E-state index contributed by atoms with van der Waals surface area (Å²) in [5.74, 6) is 1.46. The molecule has 1 saturated heterocycles. The SMILES string of the molecule is CCO[C@H]1CN(C)C(=O)[C@@H]2C[C@@H](CN2)Nc2nccc(n2)-c2nccc3nc(C)n(c23)C1.